The van der Waals surface area contributed by atoms with E-state index in [1.807, 2.05) is 0 Å². The Morgan fingerprint density at radius 1 is 1.54 bits per heavy atom. The highest BCUT2D eigenvalue weighted by Crippen LogP contribution is 2.18. The van der Waals surface area contributed by atoms with Crippen LogP contribution in [-0.4, -0.2) is 22.0 Å². The van der Waals surface area contributed by atoms with Gasteiger partial charge in [-0.25, -0.2) is 4.79 Å². The number of H-pyrrole nitrogens is 1. The van der Waals surface area contributed by atoms with Crippen LogP contribution in [0.5, 0.6) is 0 Å². The molecule has 0 aromatic carbocycles. The lowest BCUT2D eigenvalue weighted by Gasteiger charge is -1.99. The normalized spacial score (nSPS) is 9.69. The van der Waals surface area contributed by atoms with E-state index in [9.17, 15) is 9.59 Å². The largest absolute Gasteiger partial charge is 0.478 e. The van der Waals surface area contributed by atoms with Gasteiger partial charge in [-0.2, -0.15) is 0 Å². The molecule has 0 spiro atoms. The highest BCUT2D eigenvalue weighted by molar-refractivity contribution is 6.00. The Morgan fingerprint density at radius 3 is 2.62 bits per heavy atom. The fourth-order valence-corrected chi connectivity index (χ4v) is 1.09. The van der Waals surface area contributed by atoms with E-state index < -0.39 is 5.97 Å². The van der Waals surface area contributed by atoms with Gasteiger partial charge >= 0.3 is 5.97 Å². The number of aromatic nitrogens is 1. The predicted molar refractivity (Wildman–Crippen MR) is 46.8 cm³/mol. The van der Waals surface area contributed by atoms with Gasteiger partial charge in [0, 0.05) is 18.8 Å². The molecule has 0 radical (unpaired) electrons. The third-order valence-corrected chi connectivity index (χ3v) is 1.60. The van der Waals surface area contributed by atoms with Gasteiger partial charge < -0.3 is 15.4 Å². The molecule has 1 aromatic rings. The number of anilines is 1. The Kier molecular flexibility index (Phi) is 2.36. The van der Waals surface area contributed by atoms with Crippen LogP contribution in [0.3, 0.4) is 0 Å². The number of nitrogens with one attached hydrogen (secondary N) is 2. The summed E-state index contributed by atoms with van der Waals surface area (Å²) < 4.78 is 0. The molecule has 0 atom stereocenters. The fraction of sp³-hybridized carbons (Fsp3) is 0.250. The average molecular weight is 182 g/mol. The fourth-order valence-electron chi connectivity index (χ4n) is 1.09. The second kappa shape index (κ2) is 3.30. The first-order chi connectivity index (χ1) is 6.02. The molecule has 3 N–H and O–H groups in total. The van der Waals surface area contributed by atoms with Crippen LogP contribution in [0.2, 0.25) is 0 Å². The SMILES string of the molecule is CC(=O)Nc1c[nH]c(C)c1C(=O)O. The zero-order valence-electron chi connectivity index (χ0n) is 7.34. The minimum atomic E-state index is -1.05. The smallest absolute Gasteiger partial charge is 0.339 e. The number of carboxylic acid groups (broad SMARTS) is 1. The summed E-state index contributed by atoms with van der Waals surface area (Å²) in [6.45, 7) is 2.96. The molecule has 1 heterocycles. The van der Waals surface area contributed by atoms with E-state index in [0.717, 1.165) is 0 Å². The molecule has 0 aliphatic rings. The molecule has 0 fully saturated rings. The summed E-state index contributed by atoms with van der Waals surface area (Å²) in [4.78, 5) is 24.1. The maximum atomic E-state index is 10.7. The summed E-state index contributed by atoms with van der Waals surface area (Å²) in [5.41, 5.74) is 0.934. The molecule has 0 unspecified atom stereocenters. The van der Waals surface area contributed by atoms with Gasteiger partial charge in [0.1, 0.15) is 5.56 Å². The van der Waals surface area contributed by atoms with Crippen molar-refractivity contribution < 1.29 is 14.7 Å². The number of rotatable bonds is 2. The van der Waals surface area contributed by atoms with Gasteiger partial charge in [0.2, 0.25) is 5.91 Å². The average Bonchev–Trinajstić information content (AvgIpc) is 2.30. The van der Waals surface area contributed by atoms with Gasteiger partial charge in [-0.05, 0) is 6.92 Å². The zero-order chi connectivity index (χ0) is 10.0. The lowest BCUT2D eigenvalue weighted by Crippen LogP contribution is -2.09. The predicted octanol–water partition coefficient (Wildman–Crippen LogP) is 0.980. The number of amides is 1. The molecule has 1 amide bonds. The van der Waals surface area contributed by atoms with Crippen molar-refractivity contribution in [1.29, 1.82) is 0 Å². The first-order valence-electron chi connectivity index (χ1n) is 3.71. The summed E-state index contributed by atoms with van der Waals surface area (Å²) in [5, 5.41) is 11.2. The standard InChI is InChI=1S/C8H10N2O3/c1-4-7(8(12)13)6(3-9-4)10-5(2)11/h3,9H,1-2H3,(H,10,11)(H,12,13). The van der Waals surface area contributed by atoms with Crippen LogP contribution in [0.4, 0.5) is 5.69 Å². The van der Waals surface area contributed by atoms with Crippen molar-refractivity contribution >= 4 is 17.6 Å². The van der Waals surface area contributed by atoms with Gasteiger partial charge in [0.15, 0.2) is 0 Å². The molecule has 0 aliphatic heterocycles. The lowest BCUT2D eigenvalue weighted by molar-refractivity contribution is -0.114. The Balaban J connectivity index is 3.07. The summed E-state index contributed by atoms with van der Waals surface area (Å²) in [6.07, 6.45) is 1.46. The third kappa shape index (κ3) is 1.87. The van der Waals surface area contributed by atoms with Gasteiger partial charge in [-0.3, -0.25) is 4.79 Å². The van der Waals surface area contributed by atoms with Crippen molar-refractivity contribution in [3.63, 3.8) is 0 Å². The molecule has 5 nitrogen and oxygen atoms in total. The van der Waals surface area contributed by atoms with E-state index in [1.165, 1.54) is 13.1 Å². The van der Waals surface area contributed by atoms with Crippen molar-refractivity contribution in [2.45, 2.75) is 13.8 Å². The van der Waals surface area contributed by atoms with Crippen LogP contribution in [0.1, 0.15) is 23.0 Å². The second-order valence-electron chi connectivity index (χ2n) is 2.69. The summed E-state index contributed by atoms with van der Waals surface area (Å²) in [7, 11) is 0. The number of aromatic carboxylic acids is 1. The summed E-state index contributed by atoms with van der Waals surface area (Å²) >= 11 is 0. The number of aromatic amines is 1. The van der Waals surface area contributed by atoms with Gasteiger partial charge in [-0.15, -0.1) is 0 Å². The maximum absolute atomic E-state index is 10.7. The van der Waals surface area contributed by atoms with Crippen LogP contribution in [0.15, 0.2) is 6.20 Å². The molecule has 1 rings (SSSR count). The molecule has 70 valence electrons. The van der Waals surface area contributed by atoms with Crippen LogP contribution < -0.4 is 5.32 Å². The minimum Gasteiger partial charge on any atom is -0.478 e. The van der Waals surface area contributed by atoms with Crippen LogP contribution in [0, 0.1) is 6.92 Å². The molecule has 0 saturated carbocycles. The number of carbonyl (C=O) groups excluding carboxylic acids is 1. The van der Waals surface area contributed by atoms with E-state index >= 15 is 0 Å². The Labute approximate surface area is 74.8 Å². The highest BCUT2D eigenvalue weighted by Gasteiger charge is 2.15. The molecular formula is C8H10N2O3. The molecule has 1 aromatic heterocycles. The Morgan fingerprint density at radius 2 is 2.15 bits per heavy atom. The maximum Gasteiger partial charge on any atom is 0.339 e. The molecule has 13 heavy (non-hydrogen) atoms. The van der Waals surface area contributed by atoms with E-state index in [2.05, 4.69) is 10.3 Å². The number of aryl methyl sites for hydroxylation is 1. The summed E-state index contributed by atoms with van der Waals surface area (Å²) in [5.74, 6) is -1.34. The number of carbonyl (C=O) groups is 2. The van der Waals surface area contributed by atoms with Crippen molar-refractivity contribution in [2.75, 3.05) is 5.32 Å². The van der Waals surface area contributed by atoms with Crippen molar-refractivity contribution in [3.05, 3.63) is 17.5 Å². The first-order valence-corrected chi connectivity index (χ1v) is 3.71. The number of hydrogen-bond donors (Lipinski definition) is 3. The van der Waals surface area contributed by atoms with Gasteiger partial charge in [0.05, 0.1) is 5.69 Å². The first kappa shape index (κ1) is 9.31. The van der Waals surface area contributed by atoms with E-state index in [4.69, 9.17) is 5.11 Å². The topological polar surface area (TPSA) is 82.2 Å². The second-order valence-corrected chi connectivity index (χ2v) is 2.69. The quantitative estimate of drug-likeness (QED) is 0.637. The molecule has 0 aliphatic carbocycles. The molecule has 5 heteroatoms. The Hall–Kier alpha value is -1.78. The van der Waals surface area contributed by atoms with Crippen LogP contribution in [0.25, 0.3) is 0 Å². The zero-order valence-corrected chi connectivity index (χ0v) is 7.34. The molecular weight excluding hydrogens is 172 g/mol. The minimum absolute atomic E-state index is 0.107. The lowest BCUT2D eigenvalue weighted by atomic mass is 10.2. The van der Waals surface area contributed by atoms with Crippen molar-refractivity contribution in [3.8, 4) is 0 Å². The number of carboxylic acids is 1. The van der Waals surface area contributed by atoms with E-state index in [1.54, 1.807) is 6.92 Å². The van der Waals surface area contributed by atoms with Gasteiger partial charge in [0.25, 0.3) is 0 Å². The van der Waals surface area contributed by atoms with E-state index in [-0.39, 0.29) is 11.5 Å². The summed E-state index contributed by atoms with van der Waals surface area (Å²) in [6, 6.07) is 0. The monoisotopic (exact) mass is 182 g/mol. The number of hydrogen-bond acceptors (Lipinski definition) is 2. The van der Waals surface area contributed by atoms with Crippen LogP contribution in [-0.2, 0) is 4.79 Å². The van der Waals surface area contributed by atoms with Crippen molar-refractivity contribution in [2.24, 2.45) is 0 Å². The Bertz CT molecular complexity index is 354. The molecule has 0 saturated heterocycles. The van der Waals surface area contributed by atoms with Crippen LogP contribution >= 0.6 is 0 Å². The molecule has 0 bridgehead atoms. The van der Waals surface area contributed by atoms with Crippen molar-refractivity contribution in [1.82, 2.24) is 4.98 Å². The van der Waals surface area contributed by atoms with E-state index in [0.29, 0.717) is 11.4 Å². The van der Waals surface area contributed by atoms with Gasteiger partial charge in [-0.1, -0.05) is 0 Å². The third-order valence-electron chi connectivity index (χ3n) is 1.60. The highest BCUT2D eigenvalue weighted by atomic mass is 16.4.